The van der Waals surface area contributed by atoms with Crippen LogP contribution in [0.25, 0.3) is 16.3 Å². The third kappa shape index (κ3) is 4.78. The average Bonchev–Trinajstić information content (AvgIpc) is 3.31. The summed E-state index contributed by atoms with van der Waals surface area (Å²) in [6.07, 6.45) is 4.90. The number of furan rings is 1. The van der Waals surface area contributed by atoms with Gasteiger partial charge in [-0.1, -0.05) is 36.4 Å². The van der Waals surface area contributed by atoms with Crippen LogP contribution in [-0.4, -0.2) is 10.9 Å². The zero-order valence-electron chi connectivity index (χ0n) is 16.6. The fourth-order valence-corrected chi connectivity index (χ4v) is 3.23. The summed E-state index contributed by atoms with van der Waals surface area (Å²) in [6, 6.07) is 15.5. The van der Waals surface area contributed by atoms with Gasteiger partial charge < -0.3 is 9.73 Å². The number of nitrogens with zero attached hydrogens (tertiary/aromatic N) is 1. The minimum Gasteiger partial charge on any atom is -0.464 e. The number of aromatic nitrogens is 1. The fourth-order valence-electron chi connectivity index (χ4n) is 3.23. The minimum atomic E-state index is -4.41. The van der Waals surface area contributed by atoms with Crippen LogP contribution in [0.15, 0.2) is 102 Å². The number of halogens is 3. The first-order valence-electron chi connectivity index (χ1n) is 9.65. The number of carbonyl (C=O) groups is 1. The second-order valence-corrected chi connectivity index (χ2v) is 6.88. The van der Waals surface area contributed by atoms with Crippen LogP contribution in [-0.2, 0) is 11.0 Å². The molecular formula is C25H17F3N2O2. The van der Waals surface area contributed by atoms with E-state index in [0.717, 1.165) is 22.9 Å². The molecule has 0 aliphatic rings. The van der Waals surface area contributed by atoms with Gasteiger partial charge in [-0.15, -0.1) is 0 Å². The summed E-state index contributed by atoms with van der Waals surface area (Å²) in [7, 11) is 0. The molecule has 0 aliphatic carbocycles. The van der Waals surface area contributed by atoms with Crippen molar-refractivity contribution in [1.29, 1.82) is 0 Å². The number of benzene rings is 2. The molecule has 0 aliphatic heterocycles. The van der Waals surface area contributed by atoms with E-state index in [9.17, 15) is 18.0 Å². The predicted octanol–water partition coefficient (Wildman–Crippen LogP) is 6.47. The van der Waals surface area contributed by atoms with Crippen LogP contribution in [0.3, 0.4) is 0 Å². The number of allylic oxidation sites excluding steroid dienone is 2. The van der Waals surface area contributed by atoms with Crippen molar-refractivity contribution in [3.8, 4) is 0 Å². The number of nitrogens with one attached hydrogen (secondary N) is 1. The Balaban J connectivity index is 1.57. The highest BCUT2D eigenvalue weighted by Gasteiger charge is 2.30. The van der Waals surface area contributed by atoms with Gasteiger partial charge in [-0.05, 0) is 42.0 Å². The van der Waals surface area contributed by atoms with Crippen molar-refractivity contribution in [2.45, 2.75) is 6.18 Å². The van der Waals surface area contributed by atoms with Crippen LogP contribution in [0, 0.1) is 0 Å². The van der Waals surface area contributed by atoms with Crippen molar-refractivity contribution in [2.75, 3.05) is 5.32 Å². The van der Waals surface area contributed by atoms with Gasteiger partial charge in [-0.2, -0.15) is 13.2 Å². The van der Waals surface area contributed by atoms with Gasteiger partial charge in [0, 0.05) is 40.5 Å². The number of amides is 1. The first kappa shape index (κ1) is 21.1. The Kier molecular flexibility index (Phi) is 5.89. The lowest BCUT2D eigenvalue weighted by Crippen LogP contribution is -2.08. The molecule has 7 heteroatoms. The summed E-state index contributed by atoms with van der Waals surface area (Å²) < 4.78 is 44.0. The van der Waals surface area contributed by atoms with E-state index in [1.54, 1.807) is 36.7 Å². The number of pyridine rings is 1. The SMILES string of the molecule is O=C(C=CC=C(c1ccc(C(F)(F)F)cc1)c1ccco1)Nc1cccc2cnccc12. The molecule has 0 unspecified atom stereocenters. The Morgan fingerprint density at radius 2 is 1.81 bits per heavy atom. The van der Waals surface area contributed by atoms with Gasteiger partial charge in [-0.25, -0.2) is 0 Å². The third-order valence-electron chi connectivity index (χ3n) is 4.76. The Labute approximate surface area is 181 Å². The topological polar surface area (TPSA) is 55.1 Å². The smallest absolute Gasteiger partial charge is 0.416 e. The largest absolute Gasteiger partial charge is 0.464 e. The molecule has 0 saturated heterocycles. The molecule has 0 atom stereocenters. The average molecular weight is 434 g/mol. The molecule has 4 rings (SSSR count). The highest BCUT2D eigenvalue weighted by Crippen LogP contribution is 2.31. The fraction of sp³-hybridized carbons (Fsp3) is 0.0400. The monoisotopic (exact) mass is 434 g/mol. The van der Waals surface area contributed by atoms with Gasteiger partial charge in [0.05, 0.1) is 11.8 Å². The lowest BCUT2D eigenvalue weighted by Gasteiger charge is -2.09. The highest BCUT2D eigenvalue weighted by atomic mass is 19.4. The van der Waals surface area contributed by atoms with E-state index in [2.05, 4.69) is 10.3 Å². The van der Waals surface area contributed by atoms with Crippen LogP contribution in [0.2, 0.25) is 0 Å². The maximum atomic E-state index is 12.9. The van der Waals surface area contributed by atoms with Crippen molar-refractivity contribution < 1.29 is 22.4 Å². The first-order valence-corrected chi connectivity index (χ1v) is 9.65. The molecule has 160 valence electrons. The molecule has 1 amide bonds. The number of fused-ring (bicyclic) bond motifs is 1. The lowest BCUT2D eigenvalue weighted by atomic mass is 10.0. The van der Waals surface area contributed by atoms with Gasteiger partial charge in [0.1, 0.15) is 5.76 Å². The molecule has 0 fully saturated rings. The number of hydrogen-bond acceptors (Lipinski definition) is 3. The van der Waals surface area contributed by atoms with Crippen molar-refractivity contribution >= 4 is 27.9 Å². The summed E-state index contributed by atoms with van der Waals surface area (Å²) in [4.78, 5) is 16.5. The molecule has 2 aromatic carbocycles. The summed E-state index contributed by atoms with van der Waals surface area (Å²) in [5, 5.41) is 4.59. The maximum absolute atomic E-state index is 12.9. The maximum Gasteiger partial charge on any atom is 0.416 e. The Hall–Kier alpha value is -4.13. The summed E-state index contributed by atoms with van der Waals surface area (Å²) in [6.45, 7) is 0. The van der Waals surface area contributed by atoms with Crippen LogP contribution < -0.4 is 5.32 Å². The van der Waals surface area contributed by atoms with E-state index in [-0.39, 0.29) is 5.91 Å². The minimum absolute atomic E-state index is 0.350. The predicted molar refractivity (Wildman–Crippen MR) is 117 cm³/mol. The van der Waals surface area contributed by atoms with Crippen molar-refractivity contribution in [1.82, 2.24) is 4.98 Å². The molecule has 0 bridgehead atoms. The number of alkyl halides is 3. The number of anilines is 1. The van der Waals surface area contributed by atoms with E-state index < -0.39 is 11.7 Å². The molecule has 2 aromatic heterocycles. The zero-order valence-corrected chi connectivity index (χ0v) is 16.6. The van der Waals surface area contributed by atoms with E-state index in [1.807, 2.05) is 18.2 Å². The summed E-state index contributed by atoms with van der Waals surface area (Å²) >= 11 is 0. The van der Waals surface area contributed by atoms with Gasteiger partial charge in [0.15, 0.2) is 0 Å². The van der Waals surface area contributed by atoms with Crippen molar-refractivity contribution in [3.05, 3.63) is 114 Å². The van der Waals surface area contributed by atoms with Crippen LogP contribution in [0.1, 0.15) is 16.9 Å². The normalized spacial score (nSPS) is 12.4. The van der Waals surface area contributed by atoms with E-state index in [4.69, 9.17) is 4.42 Å². The van der Waals surface area contributed by atoms with Gasteiger partial charge in [-0.3, -0.25) is 9.78 Å². The number of rotatable bonds is 5. The van der Waals surface area contributed by atoms with Crippen LogP contribution in [0.5, 0.6) is 0 Å². The highest BCUT2D eigenvalue weighted by molar-refractivity contribution is 6.06. The molecule has 1 N–H and O–H groups in total. The molecule has 4 nitrogen and oxygen atoms in total. The number of hydrogen-bond donors (Lipinski definition) is 1. The standard InChI is InChI=1S/C25H17F3N2O2/c26-25(27,28)19-11-9-17(10-12-19)21(23-7-3-15-32-23)5-2-8-24(31)30-22-6-1-4-18-16-29-14-13-20(18)22/h1-16H,(H,30,31). The Morgan fingerprint density at radius 1 is 1.00 bits per heavy atom. The van der Waals surface area contributed by atoms with Gasteiger partial charge in [0.2, 0.25) is 5.91 Å². The lowest BCUT2D eigenvalue weighted by molar-refractivity contribution is -0.137. The van der Waals surface area contributed by atoms with Crippen molar-refractivity contribution in [3.63, 3.8) is 0 Å². The Bertz CT molecular complexity index is 1280. The van der Waals surface area contributed by atoms with Gasteiger partial charge in [0.25, 0.3) is 0 Å². The first-order chi connectivity index (χ1) is 15.4. The van der Waals surface area contributed by atoms with Crippen LogP contribution in [0.4, 0.5) is 18.9 Å². The molecule has 0 spiro atoms. The quantitative estimate of drug-likeness (QED) is 0.289. The zero-order chi connectivity index (χ0) is 22.6. The third-order valence-corrected chi connectivity index (χ3v) is 4.76. The number of carbonyl (C=O) groups excluding carboxylic acids is 1. The van der Waals surface area contributed by atoms with E-state index in [1.165, 1.54) is 30.5 Å². The van der Waals surface area contributed by atoms with Gasteiger partial charge >= 0.3 is 6.18 Å². The van der Waals surface area contributed by atoms with E-state index >= 15 is 0 Å². The van der Waals surface area contributed by atoms with E-state index in [0.29, 0.717) is 22.6 Å². The second kappa shape index (κ2) is 8.93. The molecular weight excluding hydrogens is 417 g/mol. The van der Waals surface area contributed by atoms with Crippen molar-refractivity contribution in [2.24, 2.45) is 0 Å². The summed E-state index contributed by atoms with van der Waals surface area (Å²) in [5.41, 5.74) is 0.987. The molecule has 0 radical (unpaired) electrons. The van der Waals surface area contributed by atoms with Crippen LogP contribution >= 0.6 is 0 Å². The molecule has 0 saturated carbocycles. The molecule has 32 heavy (non-hydrogen) atoms. The second-order valence-electron chi connectivity index (χ2n) is 6.88. The molecule has 2 heterocycles. The summed E-state index contributed by atoms with van der Waals surface area (Å²) in [5.74, 6) is 0.119. The Morgan fingerprint density at radius 3 is 2.53 bits per heavy atom. The molecule has 4 aromatic rings.